The number of carbonyl (C=O) groups excluding carboxylic acids is 2. The quantitative estimate of drug-likeness (QED) is 0.259. The van der Waals surface area contributed by atoms with Crippen molar-refractivity contribution in [2.24, 2.45) is 5.92 Å². The maximum absolute atomic E-state index is 15.3. The number of carboxylic acid groups (broad SMARTS) is 1. The van der Waals surface area contributed by atoms with Gasteiger partial charge in [0.2, 0.25) is 11.8 Å². The fraction of sp³-hybridized carbons (Fsp3) is 0.300. The first-order valence-electron chi connectivity index (χ1n) is 13.2. The van der Waals surface area contributed by atoms with Gasteiger partial charge in [0.1, 0.15) is 5.54 Å². The highest BCUT2D eigenvalue weighted by Gasteiger charge is 2.62. The highest BCUT2D eigenvalue weighted by atomic mass is 35.5. The molecule has 43 heavy (non-hydrogen) atoms. The summed E-state index contributed by atoms with van der Waals surface area (Å²) in [7, 11) is 0. The molecule has 0 aromatic heterocycles. The van der Waals surface area contributed by atoms with Gasteiger partial charge in [0.05, 0.1) is 36.1 Å². The van der Waals surface area contributed by atoms with E-state index in [9.17, 15) is 19.5 Å². The van der Waals surface area contributed by atoms with Gasteiger partial charge in [-0.1, -0.05) is 83.7 Å². The van der Waals surface area contributed by atoms with E-state index < -0.39 is 60.6 Å². The number of hydrogen-bond acceptors (Lipinski definition) is 4. The Labute approximate surface area is 266 Å². The first-order chi connectivity index (χ1) is 20.2. The van der Waals surface area contributed by atoms with E-state index in [1.54, 1.807) is 24.3 Å². The van der Waals surface area contributed by atoms with Crippen LogP contribution in [-0.2, 0) is 26.5 Å². The fourth-order valence-electron chi connectivity index (χ4n) is 6.03. The summed E-state index contributed by atoms with van der Waals surface area (Å²) in [5, 5.41) is 13.2. The number of nitrogens with zero attached hydrogens (tertiary/aromatic N) is 2. The van der Waals surface area contributed by atoms with Crippen LogP contribution in [0.15, 0.2) is 60.7 Å². The number of alkyl halides is 2. The van der Waals surface area contributed by atoms with Gasteiger partial charge in [-0.2, -0.15) is 0 Å². The van der Waals surface area contributed by atoms with Gasteiger partial charge in [-0.25, -0.2) is 8.78 Å². The average Bonchev–Trinajstić information content (AvgIpc) is 3.40. The van der Waals surface area contributed by atoms with Crippen LogP contribution in [0.1, 0.15) is 30.9 Å². The van der Waals surface area contributed by atoms with Crippen molar-refractivity contribution in [2.75, 3.05) is 16.8 Å². The summed E-state index contributed by atoms with van der Waals surface area (Å²) in [5.74, 6) is -7.31. The number of fused-ring (bicyclic) bond motifs is 1. The van der Waals surface area contributed by atoms with Crippen molar-refractivity contribution < 1.29 is 28.3 Å². The van der Waals surface area contributed by atoms with Crippen LogP contribution in [0.4, 0.5) is 20.2 Å². The van der Waals surface area contributed by atoms with Crippen molar-refractivity contribution >= 4 is 75.6 Å². The minimum atomic E-state index is -3.35. The van der Waals surface area contributed by atoms with Crippen molar-refractivity contribution in [3.8, 4) is 0 Å². The molecule has 0 radical (unpaired) electrons. The number of hydrogen-bond donors (Lipinski definition) is 2. The zero-order valence-electron chi connectivity index (χ0n) is 22.6. The molecule has 0 aliphatic carbocycles. The van der Waals surface area contributed by atoms with E-state index >= 15 is 8.78 Å². The van der Waals surface area contributed by atoms with Crippen molar-refractivity contribution in [1.82, 2.24) is 4.90 Å². The number of anilines is 2. The van der Waals surface area contributed by atoms with Crippen LogP contribution < -0.4 is 10.2 Å². The molecule has 5 rings (SSSR count). The molecule has 226 valence electrons. The molecule has 2 amide bonds. The monoisotopic (exact) mass is 669 g/mol. The second kappa shape index (κ2) is 11.9. The zero-order valence-corrected chi connectivity index (χ0v) is 25.6. The Morgan fingerprint density at radius 1 is 1.05 bits per heavy atom. The number of halogens is 6. The molecule has 0 saturated carbocycles. The Bertz CT molecular complexity index is 1590. The molecule has 1 saturated heterocycles. The number of carboxylic acids is 1. The molecule has 3 aromatic rings. The van der Waals surface area contributed by atoms with Gasteiger partial charge >= 0.3 is 5.97 Å². The van der Waals surface area contributed by atoms with Gasteiger partial charge in [-0.3, -0.25) is 19.3 Å². The molecule has 2 heterocycles. The van der Waals surface area contributed by atoms with Crippen LogP contribution in [0, 0.1) is 5.92 Å². The first kappa shape index (κ1) is 31.5. The van der Waals surface area contributed by atoms with E-state index in [0.29, 0.717) is 5.69 Å². The van der Waals surface area contributed by atoms with Gasteiger partial charge in [0.25, 0.3) is 5.92 Å². The Hall–Kier alpha value is -2.95. The minimum absolute atomic E-state index is 0.0293. The molecule has 2 aliphatic heterocycles. The van der Waals surface area contributed by atoms with Crippen molar-refractivity contribution in [1.29, 1.82) is 0 Å². The van der Waals surface area contributed by atoms with E-state index in [0.717, 1.165) is 10.5 Å². The van der Waals surface area contributed by atoms with Gasteiger partial charge in [-0.05, 0) is 35.9 Å². The molecule has 0 unspecified atom stereocenters. The Morgan fingerprint density at radius 2 is 1.67 bits per heavy atom. The number of benzene rings is 3. The van der Waals surface area contributed by atoms with E-state index in [2.05, 4.69) is 5.32 Å². The van der Waals surface area contributed by atoms with Gasteiger partial charge in [0.15, 0.2) is 0 Å². The molecule has 2 aliphatic rings. The second-order valence-corrected chi connectivity index (χ2v) is 12.5. The van der Waals surface area contributed by atoms with Crippen LogP contribution in [0.5, 0.6) is 0 Å². The Kier molecular flexibility index (Phi) is 8.68. The third-order valence-electron chi connectivity index (χ3n) is 7.90. The van der Waals surface area contributed by atoms with Gasteiger partial charge in [-0.15, -0.1) is 0 Å². The number of carbonyl (C=O) groups is 3. The minimum Gasteiger partial charge on any atom is -0.481 e. The largest absolute Gasteiger partial charge is 0.481 e. The topological polar surface area (TPSA) is 90.0 Å². The lowest BCUT2D eigenvalue weighted by atomic mass is 9.83. The summed E-state index contributed by atoms with van der Waals surface area (Å²) < 4.78 is 30.7. The summed E-state index contributed by atoms with van der Waals surface area (Å²) in [4.78, 5) is 42.7. The number of aliphatic carboxylic acids is 1. The van der Waals surface area contributed by atoms with Gasteiger partial charge in [0, 0.05) is 38.8 Å². The van der Waals surface area contributed by atoms with E-state index in [4.69, 9.17) is 46.4 Å². The highest BCUT2D eigenvalue weighted by molar-refractivity contribution is 6.38. The predicted molar refractivity (Wildman–Crippen MR) is 162 cm³/mol. The average molecular weight is 671 g/mol. The smallest absolute Gasteiger partial charge is 0.306 e. The Balaban J connectivity index is 1.61. The van der Waals surface area contributed by atoms with Crippen LogP contribution in [0.25, 0.3) is 0 Å². The fourth-order valence-corrected chi connectivity index (χ4v) is 7.08. The van der Waals surface area contributed by atoms with Crippen LogP contribution in [-0.4, -0.2) is 46.3 Å². The summed E-state index contributed by atoms with van der Waals surface area (Å²) in [6.07, 6.45) is -1.67. The molecule has 3 aromatic carbocycles. The standard InChI is InChI=1S/C30H25Cl4F2N3O4/c1-16(27(42)38(14-17-5-3-2-4-6-17)21-8-18(31)7-19(32)9-21)24-12-29(35,36)15-39(24)30(13-25(40)41)22-10-20(33)11-23(34)26(22)37-28(30)43/h2-11,16,24H,12-15H2,1H3,(H,37,43)(H,40,41)/t16-,24-,30-/m1/s1. The number of nitrogens with one attached hydrogen (secondary N) is 1. The lowest BCUT2D eigenvalue weighted by molar-refractivity contribution is -0.147. The number of amides is 2. The highest BCUT2D eigenvalue weighted by Crippen LogP contribution is 2.52. The predicted octanol–water partition coefficient (Wildman–Crippen LogP) is 7.50. The summed E-state index contributed by atoms with van der Waals surface area (Å²) in [5.41, 5.74) is -0.869. The lowest BCUT2D eigenvalue weighted by Gasteiger charge is -2.42. The van der Waals surface area contributed by atoms with Gasteiger partial charge < -0.3 is 15.3 Å². The summed E-state index contributed by atoms with van der Waals surface area (Å²) in [6, 6.07) is 15.1. The van der Waals surface area contributed by atoms with Crippen molar-refractivity contribution in [3.63, 3.8) is 0 Å². The second-order valence-electron chi connectivity index (χ2n) is 10.8. The third kappa shape index (κ3) is 6.06. The first-order valence-corrected chi connectivity index (χ1v) is 14.7. The molecular formula is C30H25Cl4F2N3O4. The maximum atomic E-state index is 15.3. The third-order valence-corrected chi connectivity index (χ3v) is 8.85. The Morgan fingerprint density at radius 3 is 2.30 bits per heavy atom. The molecule has 13 heteroatoms. The molecule has 0 spiro atoms. The molecular weight excluding hydrogens is 646 g/mol. The van der Waals surface area contributed by atoms with E-state index in [-0.39, 0.29) is 37.9 Å². The molecule has 1 fully saturated rings. The SMILES string of the molecule is C[C@@H](C(=O)N(Cc1ccccc1)c1cc(Cl)cc(Cl)c1)[C@H]1CC(F)(F)CN1[C@@]1(CC(=O)O)C(=O)Nc2c(Cl)cc(Cl)cc21. The molecule has 0 bridgehead atoms. The molecule has 2 N–H and O–H groups in total. The molecule has 7 nitrogen and oxygen atoms in total. The van der Waals surface area contributed by atoms with Crippen LogP contribution in [0.3, 0.4) is 0 Å². The number of likely N-dealkylation sites (tertiary alicyclic amines) is 1. The van der Waals surface area contributed by atoms with Crippen molar-refractivity contribution in [3.05, 3.63) is 91.9 Å². The summed E-state index contributed by atoms with van der Waals surface area (Å²) >= 11 is 25.1. The van der Waals surface area contributed by atoms with Crippen LogP contribution >= 0.6 is 46.4 Å². The zero-order chi connectivity index (χ0) is 31.3. The van der Waals surface area contributed by atoms with E-state index in [1.165, 1.54) is 30.0 Å². The van der Waals surface area contributed by atoms with Crippen LogP contribution in [0.2, 0.25) is 20.1 Å². The van der Waals surface area contributed by atoms with Crippen molar-refractivity contribution in [2.45, 2.75) is 43.8 Å². The molecule has 3 atom stereocenters. The summed E-state index contributed by atoms with van der Waals surface area (Å²) in [6.45, 7) is 0.582. The lowest BCUT2D eigenvalue weighted by Crippen LogP contribution is -2.57. The van der Waals surface area contributed by atoms with E-state index in [1.807, 2.05) is 18.2 Å². The maximum Gasteiger partial charge on any atom is 0.306 e. The number of rotatable bonds is 8. The normalized spacial score (nSPS) is 21.7.